The van der Waals surface area contributed by atoms with Gasteiger partial charge in [-0.05, 0) is 25.0 Å². The summed E-state index contributed by atoms with van der Waals surface area (Å²) in [6.45, 7) is 3.77. The van der Waals surface area contributed by atoms with Crippen LogP contribution in [0.3, 0.4) is 0 Å². The number of hydrogen-bond donors (Lipinski definition) is 1. The van der Waals surface area contributed by atoms with Crippen LogP contribution in [0.1, 0.15) is 24.5 Å². The zero-order chi connectivity index (χ0) is 11.1. The largest absolute Gasteiger partial charge is 0.296 e. The zero-order valence-electron chi connectivity index (χ0n) is 8.83. The Labute approximate surface area is 88.5 Å². The van der Waals surface area contributed by atoms with Crippen LogP contribution in [0.4, 0.5) is 0 Å². The molecule has 0 bridgehead atoms. The van der Waals surface area contributed by atoms with Gasteiger partial charge in [-0.25, -0.2) is 0 Å². The van der Waals surface area contributed by atoms with E-state index in [0.29, 0.717) is 0 Å². The van der Waals surface area contributed by atoms with Crippen LogP contribution in [-0.2, 0) is 15.0 Å². The molecule has 78 valence electrons. The van der Waals surface area contributed by atoms with Gasteiger partial charge in [0.05, 0.1) is 5.41 Å². The van der Waals surface area contributed by atoms with Crippen LogP contribution < -0.4 is 5.32 Å². The molecule has 0 spiro atoms. The summed E-state index contributed by atoms with van der Waals surface area (Å²) in [5, 5.41) is 2.36. The van der Waals surface area contributed by atoms with E-state index in [-0.39, 0.29) is 18.2 Å². The van der Waals surface area contributed by atoms with Crippen molar-refractivity contribution in [2.45, 2.75) is 25.7 Å². The first-order valence-electron chi connectivity index (χ1n) is 4.94. The quantitative estimate of drug-likeness (QED) is 0.699. The highest BCUT2D eigenvalue weighted by molar-refractivity contribution is 6.08. The van der Waals surface area contributed by atoms with Gasteiger partial charge in [0.1, 0.15) is 0 Å². The molecule has 2 rings (SSSR count). The van der Waals surface area contributed by atoms with E-state index >= 15 is 0 Å². The van der Waals surface area contributed by atoms with Crippen molar-refractivity contribution in [3.63, 3.8) is 0 Å². The Morgan fingerprint density at radius 1 is 1.27 bits per heavy atom. The summed E-state index contributed by atoms with van der Waals surface area (Å²) in [4.78, 5) is 22.9. The predicted molar refractivity (Wildman–Crippen MR) is 56.3 cm³/mol. The second-order valence-corrected chi connectivity index (χ2v) is 4.20. The molecule has 1 aliphatic rings. The van der Waals surface area contributed by atoms with Gasteiger partial charge in [-0.3, -0.25) is 14.9 Å². The maximum Gasteiger partial charge on any atom is 0.237 e. The molecule has 3 heteroatoms. The Balaban J connectivity index is 2.51. The molecule has 1 heterocycles. The minimum absolute atomic E-state index is 0.189. The van der Waals surface area contributed by atoms with Crippen LogP contribution in [0.5, 0.6) is 0 Å². The second kappa shape index (κ2) is 3.19. The Bertz CT molecular complexity index is 439. The molecule has 1 fully saturated rings. The van der Waals surface area contributed by atoms with Crippen LogP contribution >= 0.6 is 0 Å². The fourth-order valence-electron chi connectivity index (χ4n) is 2.12. The molecule has 1 aliphatic heterocycles. The monoisotopic (exact) mass is 203 g/mol. The predicted octanol–water partition coefficient (Wildman–Crippen LogP) is 1.30. The fraction of sp³-hybridized carbons (Fsp3) is 0.333. The molecule has 1 N–H and O–H groups in total. The van der Waals surface area contributed by atoms with Crippen molar-refractivity contribution in [1.29, 1.82) is 0 Å². The molecule has 0 unspecified atom stereocenters. The van der Waals surface area contributed by atoms with Gasteiger partial charge in [-0.15, -0.1) is 0 Å². The summed E-state index contributed by atoms with van der Waals surface area (Å²) in [7, 11) is 0. The number of carbonyl (C=O) groups is 2. The van der Waals surface area contributed by atoms with Crippen LogP contribution in [0.25, 0.3) is 0 Å². The molecule has 3 nitrogen and oxygen atoms in total. The van der Waals surface area contributed by atoms with E-state index in [9.17, 15) is 9.59 Å². The molecule has 0 aliphatic carbocycles. The van der Waals surface area contributed by atoms with Gasteiger partial charge in [0.2, 0.25) is 11.8 Å². The van der Waals surface area contributed by atoms with Gasteiger partial charge in [0.15, 0.2) is 0 Å². The van der Waals surface area contributed by atoms with E-state index in [1.54, 1.807) is 0 Å². The lowest BCUT2D eigenvalue weighted by Crippen LogP contribution is -2.33. The summed E-state index contributed by atoms with van der Waals surface area (Å²) >= 11 is 0. The Kier molecular flexibility index (Phi) is 2.11. The highest BCUT2D eigenvalue weighted by Gasteiger charge is 2.44. The van der Waals surface area contributed by atoms with E-state index in [4.69, 9.17) is 0 Å². The number of imide groups is 1. The smallest absolute Gasteiger partial charge is 0.237 e. The number of hydrogen-bond acceptors (Lipinski definition) is 2. The maximum absolute atomic E-state index is 11.7. The average molecular weight is 203 g/mol. The molecule has 1 atom stereocenters. The fourth-order valence-corrected chi connectivity index (χ4v) is 2.12. The van der Waals surface area contributed by atoms with Crippen LogP contribution in [0.2, 0.25) is 0 Å². The molecule has 0 saturated carbocycles. The first-order valence-corrected chi connectivity index (χ1v) is 4.94. The molecule has 1 aromatic rings. The van der Waals surface area contributed by atoms with Crippen LogP contribution in [0.15, 0.2) is 24.3 Å². The van der Waals surface area contributed by atoms with E-state index in [1.165, 1.54) is 0 Å². The van der Waals surface area contributed by atoms with Crippen molar-refractivity contribution in [2.24, 2.45) is 0 Å². The highest BCUT2D eigenvalue weighted by Crippen LogP contribution is 2.33. The van der Waals surface area contributed by atoms with Gasteiger partial charge >= 0.3 is 0 Å². The zero-order valence-corrected chi connectivity index (χ0v) is 8.83. The summed E-state index contributed by atoms with van der Waals surface area (Å²) < 4.78 is 0. The summed E-state index contributed by atoms with van der Waals surface area (Å²) in [6.07, 6.45) is 0.247. The summed E-state index contributed by atoms with van der Waals surface area (Å²) in [5.74, 6) is -0.382. The van der Waals surface area contributed by atoms with E-state index in [2.05, 4.69) is 5.32 Å². The molecule has 15 heavy (non-hydrogen) atoms. The van der Waals surface area contributed by atoms with E-state index < -0.39 is 5.41 Å². The normalized spacial score (nSPS) is 25.5. The van der Waals surface area contributed by atoms with E-state index in [1.807, 2.05) is 38.1 Å². The van der Waals surface area contributed by atoms with Gasteiger partial charge in [-0.1, -0.05) is 24.3 Å². The number of aryl methyl sites for hydroxylation is 1. The number of rotatable bonds is 1. The summed E-state index contributed by atoms with van der Waals surface area (Å²) in [6, 6.07) is 7.69. The van der Waals surface area contributed by atoms with Gasteiger partial charge in [0.25, 0.3) is 0 Å². The van der Waals surface area contributed by atoms with Crippen LogP contribution in [-0.4, -0.2) is 11.8 Å². The molecule has 2 amide bonds. The topological polar surface area (TPSA) is 46.2 Å². The maximum atomic E-state index is 11.7. The summed E-state index contributed by atoms with van der Waals surface area (Å²) in [5.41, 5.74) is 1.29. The van der Waals surface area contributed by atoms with E-state index in [0.717, 1.165) is 11.1 Å². The lowest BCUT2D eigenvalue weighted by Gasteiger charge is -2.22. The van der Waals surface area contributed by atoms with Gasteiger partial charge in [-0.2, -0.15) is 0 Å². The first-order chi connectivity index (χ1) is 7.04. The number of benzene rings is 1. The van der Waals surface area contributed by atoms with Crippen molar-refractivity contribution in [1.82, 2.24) is 5.32 Å². The van der Waals surface area contributed by atoms with Crippen molar-refractivity contribution >= 4 is 11.8 Å². The molecule has 1 aromatic carbocycles. The van der Waals surface area contributed by atoms with Crippen molar-refractivity contribution in [3.05, 3.63) is 35.4 Å². The lowest BCUT2D eigenvalue weighted by atomic mass is 9.79. The second-order valence-electron chi connectivity index (χ2n) is 4.20. The minimum atomic E-state index is -0.692. The number of nitrogens with one attached hydrogen (secondary N) is 1. The SMILES string of the molecule is Cc1ccccc1[C@@]1(C)CC(=O)NC1=O. The molecule has 0 radical (unpaired) electrons. The minimum Gasteiger partial charge on any atom is -0.296 e. The first kappa shape index (κ1) is 9.90. The molecule has 0 aromatic heterocycles. The average Bonchev–Trinajstić information content (AvgIpc) is 2.42. The number of carbonyl (C=O) groups excluding carboxylic acids is 2. The molecular formula is C12H13NO2. The standard InChI is InChI=1S/C12H13NO2/c1-8-5-3-4-6-9(8)12(2)7-10(14)13-11(12)15/h3-6H,7H2,1-2H3,(H,13,14,15)/t12-/m1/s1. The van der Waals surface area contributed by atoms with Crippen LogP contribution in [0, 0.1) is 6.92 Å². The van der Waals surface area contributed by atoms with Gasteiger partial charge in [0, 0.05) is 6.42 Å². The van der Waals surface area contributed by atoms with Crippen molar-refractivity contribution < 1.29 is 9.59 Å². The Morgan fingerprint density at radius 2 is 1.93 bits per heavy atom. The Hall–Kier alpha value is -1.64. The van der Waals surface area contributed by atoms with Crippen molar-refractivity contribution in [2.75, 3.05) is 0 Å². The third-order valence-electron chi connectivity index (χ3n) is 3.01. The van der Waals surface area contributed by atoms with Gasteiger partial charge < -0.3 is 0 Å². The highest BCUT2D eigenvalue weighted by atomic mass is 16.2. The third kappa shape index (κ3) is 1.44. The number of amides is 2. The Morgan fingerprint density at radius 3 is 2.47 bits per heavy atom. The van der Waals surface area contributed by atoms with Crippen molar-refractivity contribution in [3.8, 4) is 0 Å². The molecular weight excluding hydrogens is 190 g/mol. The third-order valence-corrected chi connectivity index (χ3v) is 3.01. The molecule has 1 saturated heterocycles. The lowest BCUT2D eigenvalue weighted by molar-refractivity contribution is -0.126.